The van der Waals surface area contributed by atoms with E-state index in [1.165, 1.54) is 0 Å². The molecular formula is C12H23NO4. The highest BCUT2D eigenvalue weighted by Gasteiger charge is 2.07. The van der Waals surface area contributed by atoms with Gasteiger partial charge in [0.15, 0.2) is 0 Å². The van der Waals surface area contributed by atoms with Crippen LogP contribution in [0.25, 0.3) is 0 Å². The van der Waals surface area contributed by atoms with E-state index in [-0.39, 0.29) is 24.5 Å². The predicted molar refractivity (Wildman–Crippen MR) is 64.6 cm³/mol. The molecule has 0 aliphatic rings. The van der Waals surface area contributed by atoms with Crippen molar-refractivity contribution in [3.05, 3.63) is 0 Å². The van der Waals surface area contributed by atoms with E-state index in [2.05, 4.69) is 5.32 Å². The summed E-state index contributed by atoms with van der Waals surface area (Å²) in [6.07, 6.45) is 2.02. The van der Waals surface area contributed by atoms with Crippen molar-refractivity contribution in [3.8, 4) is 0 Å². The lowest BCUT2D eigenvalue weighted by Gasteiger charge is -2.12. The Hall–Kier alpha value is -1.10. The Labute approximate surface area is 103 Å². The van der Waals surface area contributed by atoms with E-state index in [4.69, 9.17) is 9.47 Å². The molecule has 0 bridgehead atoms. The van der Waals surface area contributed by atoms with Crippen LogP contribution in [0.2, 0.25) is 0 Å². The second-order valence-corrected chi connectivity index (χ2v) is 3.78. The molecule has 17 heavy (non-hydrogen) atoms. The molecular weight excluding hydrogens is 222 g/mol. The van der Waals surface area contributed by atoms with Gasteiger partial charge in [-0.3, -0.25) is 9.59 Å². The van der Waals surface area contributed by atoms with E-state index >= 15 is 0 Å². The van der Waals surface area contributed by atoms with Gasteiger partial charge in [0, 0.05) is 12.5 Å². The highest BCUT2D eigenvalue weighted by molar-refractivity contribution is 5.71. The molecule has 100 valence electrons. The van der Waals surface area contributed by atoms with Gasteiger partial charge in [-0.25, -0.2) is 0 Å². The van der Waals surface area contributed by atoms with E-state index in [0.717, 1.165) is 12.8 Å². The van der Waals surface area contributed by atoms with Gasteiger partial charge in [-0.2, -0.15) is 0 Å². The first-order valence-electron chi connectivity index (χ1n) is 6.14. The van der Waals surface area contributed by atoms with Crippen LogP contribution >= 0.6 is 0 Å². The highest BCUT2D eigenvalue weighted by Crippen LogP contribution is 2.01. The molecule has 1 atom stereocenters. The first-order chi connectivity index (χ1) is 8.10. The van der Waals surface area contributed by atoms with Crippen molar-refractivity contribution in [1.29, 1.82) is 0 Å². The molecule has 1 N–H and O–H groups in total. The van der Waals surface area contributed by atoms with Gasteiger partial charge in [0.2, 0.25) is 0 Å². The van der Waals surface area contributed by atoms with Gasteiger partial charge in [-0.05, 0) is 33.6 Å². The molecule has 0 aliphatic heterocycles. The minimum atomic E-state index is -0.246. The van der Waals surface area contributed by atoms with E-state index in [9.17, 15) is 9.59 Å². The van der Waals surface area contributed by atoms with Crippen LogP contribution in [0.5, 0.6) is 0 Å². The summed E-state index contributed by atoms with van der Waals surface area (Å²) in [7, 11) is 0. The van der Waals surface area contributed by atoms with Crippen molar-refractivity contribution in [2.45, 2.75) is 46.1 Å². The van der Waals surface area contributed by atoms with Crippen molar-refractivity contribution in [2.24, 2.45) is 0 Å². The van der Waals surface area contributed by atoms with Gasteiger partial charge in [0.1, 0.15) is 0 Å². The first kappa shape index (κ1) is 15.9. The average molecular weight is 245 g/mol. The van der Waals surface area contributed by atoms with Crippen LogP contribution in [0.15, 0.2) is 0 Å². The molecule has 0 heterocycles. The normalized spacial score (nSPS) is 11.9. The molecule has 0 rings (SSSR count). The summed E-state index contributed by atoms with van der Waals surface area (Å²) in [6, 6.07) is 0.189. The van der Waals surface area contributed by atoms with E-state index in [1.807, 2.05) is 6.92 Å². The molecule has 1 unspecified atom stereocenters. The van der Waals surface area contributed by atoms with Crippen molar-refractivity contribution >= 4 is 11.9 Å². The van der Waals surface area contributed by atoms with Crippen LogP contribution in [0.3, 0.4) is 0 Å². The highest BCUT2D eigenvalue weighted by atomic mass is 16.5. The largest absolute Gasteiger partial charge is 0.466 e. The Morgan fingerprint density at radius 2 is 1.71 bits per heavy atom. The molecule has 0 fully saturated rings. The molecule has 0 radical (unpaired) electrons. The average Bonchev–Trinajstić information content (AvgIpc) is 2.27. The van der Waals surface area contributed by atoms with Crippen LogP contribution < -0.4 is 5.32 Å². The Morgan fingerprint density at radius 1 is 1.12 bits per heavy atom. The first-order valence-corrected chi connectivity index (χ1v) is 6.14. The Bertz CT molecular complexity index is 231. The summed E-state index contributed by atoms with van der Waals surface area (Å²) in [5, 5.41) is 3.05. The number of carbonyl (C=O) groups is 2. The second-order valence-electron chi connectivity index (χ2n) is 3.78. The fourth-order valence-electron chi connectivity index (χ4n) is 1.36. The number of esters is 2. The molecule has 0 saturated carbocycles. The SMILES string of the molecule is CCOC(=O)CCCC(C)NCC(=O)OCC. The third kappa shape index (κ3) is 9.81. The predicted octanol–water partition coefficient (Wildman–Crippen LogP) is 1.26. The number of carbonyl (C=O) groups excluding carboxylic acids is 2. The number of ether oxygens (including phenoxy) is 2. The van der Waals surface area contributed by atoms with Crippen molar-refractivity contribution in [1.82, 2.24) is 5.32 Å². The van der Waals surface area contributed by atoms with Gasteiger partial charge in [-0.15, -0.1) is 0 Å². The van der Waals surface area contributed by atoms with Gasteiger partial charge >= 0.3 is 11.9 Å². The lowest BCUT2D eigenvalue weighted by molar-refractivity contribution is -0.144. The zero-order chi connectivity index (χ0) is 13.1. The van der Waals surface area contributed by atoms with Crippen LogP contribution in [-0.4, -0.2) is 37.7 Å². The van der Waals surface area contributed by atoms with E-state index < -0.39 is 0 Å². The minimum absolute atomic E-state index is 0.162. The summed E-state index contributed by atoms with van der Waals surface area (Å²) >= 11 is 0. The van der Waals surface area contributed by atoms with Gasteiger partial charge in [0.25, 0.3) is 0 Å². The maximum atomic E-state index is 11.1. The third-order valence-corrected chi connectivity index (χ3v) is 2.22. The molecule has 0 aliphatic carbocycles. The zero-order valence-electron chi connectivity index (χ0n) is 11.0. The summed E-state index contributed by atoms with van der Waals surface area (Å²) < 4.78 is 9.61. The van der Waals surface area contributed by atoms with Crippen LogP contribution in [0.1, 0.15) is 40.0 Å². The smallest absolute Gasteiger partial charge is 0.319 e. The number of nitrogens with one attached hydrogen (secondary N) is 1. The molecule has 0 aromatic rings. The van der Waals surface area contributed by atoms with Crippen LogP contribution in [0.4, 0.5) is 0 Å². The fraction of sp³-hybridized carbons (Fsp3) is 0.833. The second kappa shape index (κ2) is 10.1. The number of hydrogen-bond donors (Lipinski definition) is 1. The topological polar surface area (TPSA) is 64.6 Å². The lowest BCUT2D eigenvalue weighted by Crippen LogP contribution is -2.32. The summed E-state index contributed by atoms with van der Waals surface area (Å²) in [6.45, 7) is 6.59. The Morgan fingerprint density at radius 3 is 2.29 bits per heavy atom. The summed E-state index contributed by atoms with van der Waals surface area (Å²) in [5.74, 6) is -0.408. The number of hydrogen-bond acceptors (Lipinski definition) is 5. The van der Waals surface area contributed by atoms with Gasteiger partial charge in [0.05, 0.1) is 19.8 Å². The molecule has 0 amide bonds. The van der Waals surface area contributed by atoms with Crippen molar-refractivity contribution in [2.75, 3.05) is 19.8 Å². The quantitative estimate of drug-likeness (QED) is 0.620. The zero-order valence-corrected chi connectivity index (χ0v) is 11.0. The van der Waals surface area contributed by atoms with Gasteiger partial charge in [-0.1, -0.05) is 0 Å². The summed E-state index contributed by atoms with van der Waals surface area (Å²) in [5.41, 5.74) is 0. The molecule has 5 heteroatoms. The Balaban J connectivity index is 3.49. The molecule has 0 aromatic carbocycles. The van der Waals surface area contributed by atoms with E-state index in [0.29, 0.717) is 19.6 Å². The molecule has 0 spiro atoms. The standard InChI is InChI=1S/C12H23NO4/c1-4-16-11(14)8-6-7-10(3)13-9-12(15)17-5-2/h10,13H,4-9H2,1-3H3. The van der Waals surface area contributed by atoms with Gasteiger partial charge < -0.3 is 14.8 Å². The van der Waals surface area contributed by atoms with Crippen molar-refractivity contribution < 1.29 is 19.1 Å². The maximum absolute atomic E-state index is 11.1. The molecule has 5 nitrogen and oxygen atoms in total. The molecule has 0 saturated heterocycles. The lowest BCUT2D eigenvalue weighted by atomic mass is 10.1. The van der Waals surface area contributed by atoms with E-state index in [1.54, 1.807) is 13.8 Å². The monoisotopic (exact) mass is 245 g/mol. The Kier molecular flexibility index (Phi) is 9.43. The van der Waals surface area contributed by atoms with Crippen molar-refractivity contribution in [3.63, 3.8) is 0 Å². The minimum Gasteiger partial charge on any atom is -0.466 e. The summed E-state index contributed by atoms with van der Waals surface area (Å²) in [4.78, 5) is 22.1. The fourth-order valence-corrected chi connectivity index (χ4v) is 1.36. The van der Waals surface area contributed by atoms with Crippen LogP contribution in [-0.2, 0) is 19.1 Å². The maximum Gasteiger partial charge on any atom is 0.319 e. The van der Waals surface area contributed by atoms with Crippen LogP contribution in [0, 0.1) is 0 Å². The molecule has 0 aromatic heterocycles. The number of rotatable bonds is 9. The third-order valence-electron chi connectivity index (χ3n) is 2.22.